The molecule has 0 saturated carbocycles. The lowest BCUT2D eigenvalue weighted by Gasteiger charge is -2.11. The Kier molecular flexibility index (Phi) is 4.90. The van der Waals surface area contributed by atoms with Gasteiger partial charge in [0.2, 0.25) is 0 Å². The molecular formula is C15H19F3N2O. The Bertz CT molecular complexity index is 590. The molecule has 0 bridgehead atoms. The van der Waals surface area contributed by atoms with Crippen molar-refractivity contribution >= 4 is 10.9 Å². The zero-order valence-corrected chi connectivity index (χ0v) is 12.1. The highest BCUT2D eigenvalue weighted by Gasteiger charge is 2.27. The topological polar surface area (TPSA) is 26.2 Å². The number of nitrogens with one attached hydrogen (secondary N) is 1. The highest BCUT2D eigenvalue weighted by atomic mass is 19.4. The van der Waals surface area contributed by atoms with Crippen molar-refractivity contribution in [2.24, 2.45) is 0 Å². The van der Waals surface area contributed by atoms with Crippen LogP contribution in [0.4, 0.5) is 13.2 Å². The first-order chi connectivity index (χ1) is 9.85. The third-order valence-electron chi connectivity index (χ3n) is 3.05. The van der Waals surface area contributed by atoms with Gasteiger partial charge >= 0.3 is 6.18 Å². The zero-order valence-electron chi connectivity index (χ0n) is 12.1. The van der Waals surface area contributed by atoms with Gasteiger partial charge in [-0.1, -0.05) is 26.0 Å². The summed E-state index contributed by atoms with van der Waals surface area (Å²) in [5.74, 6) is 0. The van der Waals surface area contributed by atoms with Crippen LogP contribution in [0.15, 0.2) is 30.5 Å². The molecule has 2 rings (SSSR count). The van der Waals surface area contributed by atoms with E-state index in [2.05, 4.69) is 19.2 Å². The Morgan fingerprint density at radius 2 is 2.00 bits per heavy atom. The summed E-state index contributed by atoms with van der Waals surface area (Å²) in [5, 5.41) is 4.30. The number of benzene rings is 1. The van der Waals surface area contributed by atoms with Crippen molar-refractivity contribution in [1.82, 2.24) is 9.88 Å². The van der Waals surface area contributed by atoms with E-state index in [9.17, 15) is 13.2 Å². The second-order valence-electron chi connectivity index (χ2n) is 5.31. The summed E-state index contributed by atoms with van der Waals surface area (Å²) in [7, 11) is 0. The molecule has 0 atom stereocenters. The molecule has 1 heterocycles. The first-order valence-corrected chi connectivity index (χ1v) is 6.81. The summed E-state index contributed by atoms with van der Waals surface area (Å²) in [5.41, 5.74) is 1.97. The molecular weight excluding hydrogens is 281 g/mol. The van der Waals surface area contributed by atoms with Gasteiger partial charge in [0.1, 0.15) is 13.3 Å². The van der Waals surface area contributed by atoms with E-state index < -0.39 is 12.8 Å². The SMILES string of the molecule is CC(C)NCc1ccc2ccn(COCC(F)(F)F)c2c1. The number of fused-ring (bicyclic) bond motifs is 1. The molecule has 1 aromatic heterocycles. The molecule has 0 aliphatic heterocycles. The highest BCUT2D eigenvalue weighted by Crippen LogP contribution is 2.19. The fourth-order valence-corrected chi connectivity index (χ4v) is 2.03. The Labute approximate surface area is 121 Å². The summed E-state index contributed by atoms with van der Waals surface area (Å²) < 4.78 is 42.7. The van der Waals surface area contributed by atoms with Gasteiger partial charge < -0.3 is 14.6 Å². The van der Waals surface area contributed by atoms with Gasteiger partial charge in [-0.2, -0.15) is 13.2 Å². The quantitative estimate of drug-likeness (QED) is 0.881. The summed E-state index contributed by atoms with van der Waals surface area (Å²) in [6, 6.07) is 8.20. The Morgan fingerprint density at radius 1 is 1.24 bits per heavy atom. The maximum absolute atomic E-state index is 12.1. The minimum absolute atomic E-state index is 0.107. The van der Waals surface area contributed by atoms with Crippen LogP contribution in [0.5, 0.6) is 0 Å². The Balaban J connectivity index is 2.07. The molecule has 6 heteroatoms. The average Bonchev–Trinajstić information content (AvgIpc) is 2.78. The lowest BCUT2D eigenvalue weighted by Crippen LogP contribution is -2.21. The van der Waals surface area contributed by atoms with Gasteiger partial charge in [-0.15, -0.1) is 0 Å². The number of aromatic nitrogens is 1. The van der Waals surface area contributed by atoms with E-state index in [0.717, 1.165) is 23.0 Å². The van der Waals surface area contributed by atoms with Crippen LogP contribution in [0.2, 0.25) is 0 Å². The number of hydrogen-bond donors (Lipinski definition) is 1. The number of nitrogens with zero attached hydrogens (tertiary/aromatic N) is 1. The van der Waals surface area contributed by atoms with Crippen LogP contribution in [-0.4, -0.2) is 23.4 Å². The monoisotopic (exact) mass is 300 g/mol. The molecule has 0 fully saturated rings. The first kappa shape index (κ1) is 15.9. The summed E-state index contributed by atoms with van der Waals surface area (Å²) in [4.78, 5) is 0. The molecule has 0 unspecified atom stereocenters. The maximum Gasteiger partial charge on any atom is 0.411 e. The van der Waals surface area contributed by atoms with Gasteiger partial charge in [0.05, 0.1) is 5.52 Å². The number of halogens is 3. The van der Waals surface area contributed by atoms with Crippen molar-refractivity contribution in [2.45, 2.75) is 39.3 Å². The fourth-order valence-electron chi connectivity index (χ4n) is 2.03. The predicted octanol–water partition coefficient (Wildman–Crippen LogP) is 3.68. The van der Waals surface area contributed by atoms with E-state index in [0.29, 0.717) is 6.04 Å². The molecule has 0 radical (unpaired) electrons. The molecule has 3 nitrogen and oxygen atoms in total. The fraction of sp³-hybridized carbons (Fsp3) is 0.467. The van der Waals surface area contributed by atoms with E-state index in [1.807, 2.05) is 24.3 Å². The van der Waals surface area contributed by atoms with E-state index in [1.165, 1.54) is 0 Å². The van der Waals surface area contributed by atoms with E-state index in [-0.39, 0.29) is 6.73 Å². The third-order valence-corrected chi connectivity index (χ3v) is 3.05. The predicted molar refractivity (Wildman–Crippen MR) is 75.9 cm³/mol. The second kappa shape index (κ2) is 6.49. The van der Waals surface area contributed by atoms with Crippen LogP contribution in [0.25, 0.3) is 10.9 Å². The molecule has 116 valence electrons. The smallest absolute Gasteiger partial charge is 0.351 e. The number of ether oxygens (including phenoxy) is 1. The van der Waals surface area contributed by atoms with E-state index in [1.54, 1.807) is 10.8 Å². The van der Waals surface area contributed by atoms with Crippen molar-refractivity contribution in [1.29, 1.82) is 0 Å². The minimum atomic E-state index is -4.30. The number of hydrogen-bond acceptors (Lipinski definition) is 2. The van der Waals surface area contributed by atoms with Crippen LogP contribution < -0.4 is 5.32 Å². The van der Waals surface area contributed by atoms with Gasteiger partial charge in [0.15, 0.2) is 0 Å². The standard InChI is InChI=1S/C15H19F3N2O/c1-11(2)19-8-12-3-4-13-5-6-20(14(13)7-12)10-21-9-15(16,17)18/h3-7,11,19H,8-10H2,1-2H3. The lowest BCUT2D eigenvalue weighted by atomic mass is 10.1. The Hall–Kier alpha value is -1.53. The first-order valence-electron chi connectivity index (χ1n) is 6.81. The van der Waals surface area contributed by atoms with Crippen LogP contribution in [-0.2, 0) is 18.0 Å². The largest absolute Gasteiger partial charge is 0.411 e. The summed E-state index contributed by atoms with van der Waals surface area (Å²) in [6.45, 7) is 3.51. The molecule has 1 aromatic carbocycles. The van der Waals surface area contributed by atoms with Crippen LogP contribution >= 0.6 is 0 Å². The average molecular weight is 300 g/mol. The molecule has 0 aliphatic carbocycles. The normalized spacial score (nSPS) is 12.5. The van der Waals surface area contributed by atoms with Crippen molar-refractivity contribution in [3.8, 4) is 0 Å². The molecule has 0 saturated heterocycles. The molecule has 1 N–H and O–H groups in total. The second-order valence-corrected chi connectivity index (χ2v) is 5.31. The molecule has 0 aliphatic rings. The molecule has 21 heavy (non-hydrogen) atoms. The van der Waals surface area contributed by atoms with Crippen LogP contribution in [0, 0.1) is 0 Å². The van der Waals surface area contributed by atoms with Crippen molar-refractivity contribution < 1.29 is 17.9 Å². The van der Waals surface area contributed by atoms with Gasteiger partial charge in [0.25, 0.3) is 0 Å². The van der Waals surface area contributed by atoms with E-state index in [4.69, 9.17) is 4.74 Å². The third kappa shape index (κ3) is 4.75. The highest BCUT2D eigenvalue weighted by molar-refractivity contribution is 5.80. The van der Waals surface area contributed by atoms with Gasteiger partial charge in [-0.25, -0.2) is 0 Å². The number of alkyl halides is 3. The zero-order chi connectivity index (χ0) is 15.5. The van der Waals surface area contributed by atoms with Crippen LogP contribution in [0.1, 0.15) is 19.4 Å². The van der Waals surface area contributed by atoms with Crippen LogP contribution in [0.3, 0.4) is 0 Å². The van der Waals surface area contributed by atoms with Gasteiger partial charge in [0, 0.05) is 18.8 Å². The molecule has 0 spiro atoms. The van der Waals surface area contributed by atoms with Crippen molar-refractivity contribution in [3.63, 3.8) is 0 Å². The molecule has 2 aromatic rings. The van der Waals surface area contributed by atoms with Crippen molar-refractivity contribution in [2.75, 3.05) is 6.61 Å². The molecule has 0 amide bonds. The Morgan fingerprint density at radius 3 is 2.67 bits per heavy atom. The number of rotatable bonds is 6. The van der Waals surface area contributed by atoms with Gasteiger partial charge in [-0.3, -0.25) is 0 Å². The maximum atomic E-state index is 12.1. The lowest BCUT2D eigenvalue weighted by molar-refractivity contribution is -0.181. The summed E-state index contributed by atoms with van der Waals surface area (Å²) in [6.07, 6.45) is -2.56. The van der Waals surface area contributed by atoms with Gasteiger partial charge in [-0.05, 0) is 23.1 Å². The summed E-state index contributed by atoms with van der Waals surface area (Å²) >= 11 is 0. The minimum Gasteiger partial charge on any atom is -0.351 e. The van der Waals surface area contributed by atoms with Crippen molar-refractivity contribution in [3.05, 3.63) is 36.0 Å². The van der Waals surface area contributed by atoms with E-state index >= 15 is 0 Å².